The molecule has 1 atom stereocenters. The van der Waals surface area contributed by atoms with Crippen LogP contribution >= 0.6 is 0 Å². The summed E-state index contributed by atoms with van der Waals surface area (Å²) in [6.07, 6.45) is -0.240. The number of carbonyl (C=O) groups excluding carboxylic acids is 1. The van der Waals surface area contributed by atoms with E-state index >= 15 is 0 Å². The zero-order valence-electron chi connectivity index (χ0n) is 8.90. The maximum absolute atomic E-state index is 11.5. The lowest BCUT2D eigenvalue weighted by atomic mass is 10.2. The molecule has 0 bridgehead atoms. The molecule has 0 aliphatic carbocycles. The van der Waals surface area contributed by atoms with Gasteiger partial charge < -0.3 is 20.3 Å². The second-order valence-electron chi connectivity index (χ2n) is 3.54. The van der Waals surface area contributed by atoms with Crippen LogP contribution in [0.3, 0.4) is 0 Å². The van der Waals surface area contributed by atoms with E-state index in [1.54, 1.807) is 4.90 Å². The van der Waals surface area contributed by atoms with Crippen molar-refractivity contribution >= 4 is 6.09 Å². The summed E-state index contributed by atoms with van der Waals surface area (Å²) in [6, 6.07) is 0.0906. The molecule has 5 heteroatoms. The van der Waals surface area contributed by atoms with Gasteiger partial charge >= 0.3 is 6.09 Å². The Hall–Kier alpha value is -0.810. The van der Waals surface area contributed by atoms with Crippen molar-refractivity contribution in [1.82, 2.24) is 9.80 Å². The van der Waals surface area contributed by atoms with Crippen molar-refractivity contribution < 1.29 is 9.53 Å². The maximum Gasteiger partial charge on any atom is 0.410 e. The van der Waals surface area contributed by atoms with Crippen LogP contribution < -0.4 is 5.73 Å². The van der Waals surface area contributed by atoms with E-state index in [9.17, 15) is 4.79 Å². The number of amides is 1. The van der Waals surface area contributed by atoms with Crippen molar-refractivity contribution in [2.75, 3.05) is 39.8 Å². The molecule has 2 N–H and O–H groups in total. The summed E-state index contributed by atoms with van der Waals surface area (Å²) in [7, 11) is 2.03. The van der Waals surface area contributed by atoms with Crippen LogP contribution in [0.1, 0.15) is 6.92 Å². The number of carbonyl (C=O) groups is 1. The van der Waals surface area contributed by atoms with Gasteiger partial charge in [-0.3, -0.25) is 0 Å². The largest absolute Gasteiger partial charge is 0.450 e. The number of ether oxygens (including phenoxy) is 1. The van der Waals surface area contributed by atoms with E-state index in [0.717, 1.165) is 13.1 Å². The van der Waals surface area contributed by atoms with Crippen LogP contribution in [0.25, 0.3) is 0 Å². The fourth-order valence-electron chi connectivity index (χ4n) is 1.66. The third kappa shape index (κ3) is 2.59. The first kappa shape index (κ1) is 11.3. The molecule has 1 aliphatic rings. The molecule has 0 aromatic rings. The summed E-state index contributed by atoms with van der Waals surface area (Å²) in [4.78, 5) is 15.4. The second-order valence-corrected chi connectivity index (χ2v) is 3.54. The highest BCUT2D eigenvalue weighted by atomic mass is 16.6. The predicted octanol–water partition coefficient (Wildman–Crippen LogP) is -0.282. The van der Waals surface area contributed by atoms with Crippen LogP contribution in [0.5, 0.6) is 0 Å². The van der Waals surface area contributed by atoms with Crippen LogP contribution in [-0.2, 0) is 4.74 Å². The second kappa shape index (κ2) is 5.17. The van der Waals surface area contributed by atoms with Gasteiger partial charge in [0.15, 0.2) is 0 Å². The molecule has 1 fully saturated rings. The first-order valence-electron chi connectivity index (χ1n) is 5.01. The molecule has 1 saturated heterocycles. The average Bonchev–Trinajstić information content (AvgIpc) is 2.17. The molecule has 5 nitrogen and oxygen atoms in total. The van der Waals surface area contributed by atoms with Crippen molar-refractivity contribution in [3.8, 4) is 0 Å². The van der Waals surface area contributed by atoms with E-state index in [0.29, 0.717) is 19.7 Å². The number of nitrogens with zero attached hydrogens (tertiary/aromatic N) is 2. The van der Waals surface area contributed by atoms with Crippen molar-refractivity contribution in [1.29, 1.82) is 0 Å². The molecule has 0 saturated carbocycles. The van der Waals surface area contributed by atoms with E-state index in [-0.39, 0.29) is 12.1 Å². The van der Waals surface area contributed by atoms with Gasteiger partial charge in [-0.2, -0.15) is 0 Å². The van der Waals surface area contributed by atoms with Gasteiger partial charge in [0.05, 0.1) is 12.6 Å². The number of likely N-dealkylation sites (N-methyl/N-ethyl adjacent to an activating group) is 1. The van der Waals surface area contributed by atoms with Crippen molar-refractivity contribution in [3.05, 3.63) is 0 Å². The summed E-state index contributed by atoms with van der Waals surface area (Å²) < 4.78 is 4.96. The third-order valence-electron chi connectivity index (χ3n) is 2.46. The molecule has 0 aromatic carbocycles. The minimum Gasteiger partial charge on any atom is -0.450 e. The fourth-order valence-corrected chi connectivity index (χ4v) is 1.66. The number of rotatable bonds is 2. The van der Waals surface area contributed by atoms with Gasteiger partial charge in [-0.15, -0.1) is 0 Å². The Morgan fingerprint density at radius 2 is 2.29 bits per heavy atom. The van der Waals surface area contributed by atoms with Gasteiger partial charge in [0.2, 0.25) is 0 Å². The predicted molar refractivity (Wildman–Crippen MR) is 54.1 cm³/mol. The molecule has 1 amide bonds. The Kier molecular flexibility index (Phi) is 4.16. The molecular weight excluding hydrogens is 182 g/mol. The Morgan fingerprint density at radius 1 is 1.57 bits per heavy atom. The fraction of sp³-hybridized carbons (Fsp3) is 0.889. The summed E-state index contributed by atoms with van der Waals surface area (Å²) in [6.45, 7) is 5.14. The quantitative estimate of drug-likeness (QED) is 0.667. The number of hydrogen-bond acceptors (Lipinski definition) is 4. The monoisotopic (exact) mass is 201 g/mol. The van der Waals surface area contributed by atoms with E-state index in [4.69, 9.17) is 10.5 Å². The first-order valence-corrected chi connectivity index (χ1v) is 5.01. The van der Waals surface area contributed by atoms with Gasteiger partial charge in [-0.05, 0) is 14.0 Å². The number of nitrogens with two attached hydrogens (primary N) is 1. The topological polar surface area (TPSA) is 58.8 Å². The van der Waals surface area contributed by atoms with Crippen molar-refractivity contribution in [3.63, 3.8) is 0 Å². The van der Waals surface area contributed by atoms with Gasteiger partial charge in [-0.1, -0.05) is 0 Å². The summed E-state index contributed by atoms with van der Waals surface area (Å²) in [5.74, 6) is 0. The highest BCUT2D eigenvalue weighted by molar-refractivity contribution is 5.68. The standard InChI is InChI=1S/C9H19N3O2/c1-3-14-9(13)12-5-4-11(2)7-8(12)6-10/h8H,3-7,10H2,1-2H3. The third-order valence-corrected chi connectivity index (χ3v) is 2.46. The molecule has 1 unspecified atom stereocenters. The molecule has 0 radical (unpaired) electrons. The van der Waals surface area contributed by atoms with Crippen LogP contribution in [-0.4, -0.2) is 61.8 Å². The molecule has 0 spiro atoms. The van der Waals surface area contributed by atoms with Gasteiger partial charge in [-0.25, -0.2) is 4.79 Å². The molecule has 14 heavy (non-hydrogen) atoms. The molecular formula is C9H19N3O2. The molecule has 1 rings (SSSR count). The average molecular weight is 201 g/mol. The first-order chi connectivity index (χ1) is 6.69. The molecule has 82 valence electrons. The van der Waals surface area contributed by atoms with Gasteiger partial charge in [0, 0.05) is 26.2 Å². The normalized spacial score (nSPS) is 23.6. The summed E-state index contributed by atoms with van der Waals surface area (Å²) in [5, 5.41) is 0. The Bertz CT molecular complexity index is 198. The van der Waals surface area contributed by atoms with E-state index in [2.05, 4.69) is 4.90 Å². The van der Waals surface area contributed by atoms with Crippen LogP contribution in [0.2, 0.25) is 0 Å². The lowest BCUT2D eigenvalue weighted by Gasteiger charge is -2.38. The van der Waals surface area contributed by atoms with Gasteiger partial charge in [0.25, 0.3) is 0 Å². The summed E-state index contributed by atoms with van der Waals surface area (Å²) in [5.41, 5.74) is 5.61. The minimum atomic E-state index is -0.240. The maximum atomic E-state index is 11.5. The SMILES string of the molecule is CCOC(=O)N1CCN(C)CC1CN. The van der Waals surface area contributed by atoms with Crippen molar-refractivity contribution in [2.24, 2.45) is 5.73 Å². The Morgan fingerprint density at radius 3 is 2.86 bits per heavy atom. The molecule has 1 aliphatic heterocycles. The number of hydrogen-bond donors (Lipinski definition) is 1. The van der Waals surface area contributed by atoms with E-state index in [1.165, 1.54) is 0 Å². The molecule has 0 aromatic heterocycles. The highest BCUT2D eigenvalue weighted by Crippen LogP contribution is 2.08. The minimum absolute atomic E-state index is 0.0906. The van der Waals surface area contributed by atoms with Crippen LogP contribution in [0, 0.1) is 0 Å². The van der Waals surface area contributed by atoms with E-state index in [1.807, 2.05) is 14.0 Å². The zero-order chi connectivity index (χ0) is 10.6. The smallest absolute Gasteiger partial charge is 0.410 e. The zero-order valence-corrected chi connectivity index (χ0v) is 8.90. The lowest BCUT2D eigenvalue weighted by molar-refractivity contribution is 0.0587. The Balaban J connectivity index is 2.53. The van der Waals surface area contributed by atoms with Gasteiger partial charge in [0.1, 0.15) is 0 Å². The molecule has 1 heterocycles. The van der Waals surface area contributed by atoms with Crippen LogP contribution in [0.4, 0.5) is 4.79 Å². The summed E-state index contributed by atoms with van der Waals surface area (Å²) >= 11 is 0. The lowest BCUT2D eigenvalue weighted by Crippen LogP contribution is -2.56. The van der Waals surface area contributed by atoms with E-state index < -0.39 is 0 Å². The van der Waals surface area contributed by atoms with Crippen LogP contribution in [0.15, 0.2) is 0 Å². The number of piperazine rings is 1. The highest BCUT2D eigenvalue weighted by Gasteiger charge is 2.28. The van der Waals surface area contributed by atoms with Crippen molar-refractivity contribution in [2.45, 2.75) is 13.0 Å². The Labute approximate surface area is 84.8 Å².